The smallest absolute Gasteiger partial charge is 0.263 e. The Morgan fingerprint density at radius 3 is 2.94 bits per heavy atom. The molecule has 4 heterocycles. The first-order valence-corrected chi connectivity index (χ1v) is 12.1. The second-order valence-corrected chi connectivity index (χ2v) is 9.47. The quantitative estimate of drug-likeness (QED) is 0.242. The lowest BCUT2D eigenvalue weighted by molar-refractivity contribution is -0.118. The van der Waals surface area contributed by atoms with Gasteiger partial charge in [-0.3, -0.25) is 19.0 Å². The number of aromatic nitrogens is 2. The number of furan rings is 1. The molecule has 3 aromatic heterocycles. The number of nitrogens with one attached hydrogen (secondary N) is 1. The molecule has 0 atom stereocenters. The van der Waals surface area contributed by atoms with Crippen LogP contribution in [0, 0.1) is 0 Å². The molecule has 1 aliphatic rings. The number of thioether (sulfide) groups is 1. The molecule has 4 aromatic rings. The van der Waals surface area contributed by atoms with Crippen LogP contribution in [0.1, 0.15) is 27.9 Å². The number of nitrogens with zero attached hydrogens (tertiary/aromatic N) is 2. The average Bonchev–Trinajstić information content (AvgIpc) is 3.48. The summed E-state index contributed by atoms with van der Waals surface area (Å²) in [7, 11) is 0. The molecule has 168 valence electrons. The molecule has 0 unspecified atom stereocenters. The summed E-state index contributed by atoms with van der Waals surface area (Å²) in [5.41, 5.74) is 0.760. The van der Waals surface area contributed by atoms with Crippen LogP contribution in [-0.2, 0) is 17.8 Å². The summed E-state index contributed by atoms with van der Waals surface area (Å²) >= 11 is 2.69. The molecule has 0 saturated heterocycles. The van der Waals surface area contributed by atoms with Crippen molar-refractivity contribution in [2.75, 3.05) is 17.7 Å². The zero-order valence-corrected chi connectivity index (χ0v) is 19.3. The summed E-state index contributed by atoms with van der Waals surface area (Å²) in [6, 6.07) is 10.4. The van der Waals surface area contributed by atoms with E-state index in [0.29, 0.717) is 38.1 Å². The Balaban J connectivity index is 1.44. The number of hydrogen-bond acceptors (Lipinski definition) is 8. The Hall–Kier alpha value is -3.37. The summed E-state index contributed by atoms with van der Waals surface area (Å²) in [5, 5.41) is 3.74. The monoisotopic (exact) mass is 481 g/mol. The van der Waals surface area contributed by atoms with Gasteiger partial charge in [-0.1, -0.05) is 18.7 Å². The Kier molecular flexibility index (Phi) is 5.77. The fourth-order valence-corrected chi connectivity index (χ4v) is 5.40. The van der Waals surface area contributed by atoms with Gasteiger partial charge in [0, 0.05) is 10.4 Å². The lowest BCUT2D eigenvalue weighted by atomic mass is 10.1. The highest BCUT2D eigenvalue weighted by atomic mass is 32.2. The third-order valence-electron chi connectivity index (χ3n) is 5.18. The van der Waals surface area contributed by atoms with E-state index in [-0.39, 0.29) is 36.2 Å². The van der Waals surface area contributed by atoms with Gasteiger partial charge in [-0.25, -0.2) is 4.98 Å². The Morgan fingerprint density at radius 2 is 2.15 bits per heavy atom. The molecular formula is C23H19N3O5S2. The van der Waals surface area contributed by atoms with Crippen molar-refractivity contribution in [2.45, 2.75) is 25.0 Å². The van der Waals surface area contributed by atoms with Gasteiger partial charge < -0.3 is 14.5 Å². The van der Waals surface area contributed by atoms with Crippen molar-refractivity contribution in [3.63, 3.8) is 0 Å². The first-order chi connectivity index (χ1) is 16.0. The van der Waals surface area contributed by atoms with Gasteiger partial charge in [-0.2, -0.15) is 0 Å². The van der Waals surface area contributed by atoms with Gasteiger partial charge >= 0.3 is 0 Å². The Morgan fingerprint density at radius 1 is 1.27 bits per heavy atom. The van der Waals surface area contributed by atoms with E-state index in [0.717, 1.165) is 11.3 Å². The highest BCUT2D eigenvalue weighted by Crippen LogP contribution is 2.30. The minimum absolute atomic E-state index is 0.0417. The van der Waals surface area contributed by atoms with Gasteiger partial charge in [0.1, 0.15) is 16.3 Å². The van der Waals surface area contributed by atoms with Crippen LogP contribution in [0.3, 0.4) is 0 Å². The SMILES string of the molecule is CCc1cc2c(=O)n(Cc3ccco3)c(SCC(=O)c3ccc4c(c3)NC(=O)CO4)nc2s1. The molecule has 8 nitrogen and oxygen atoms in total. The topological polar surface area (TPSA) is 103 Å². The number of hydrogen-bond donors (Lipinski definition) is 1. The van der Waals surface area contributed by atoms with Crippen molar-refractivity contribution in [1.29, 1.82) is 0 Å². The van der Waals surface area contributed by atoms with Crippen LogP contribution in [0.2, 0.25) is 0 Å². The normalized spacial score (nSPS) is 12.9. The van der Waals surface area contributed by atoms with Gasteiger partial charge in [-0.05, 0) is 42.8 Å². The largest absolute Gasteiger partial charge is 0.482 e. The zero-order chi connectivity index (χ0) is 22.9. The summed E-state index contributed by atoms with van der Waals surface area (Å²) in [5.74, 6) is 0.825. The van der Waals surface area contributed by atoms with Gasteiger partial charge in [-0.15, -0.1) is 11.3 Å². The van der Waals surface area contributed by atoms with Crippen molar-refractivity contribution in [3.05, 3.63) is 69.2 Å². The number of amides is 1. The van der Waals surface area contributed by atoms with Crippen LogP contribution in [0.15, 0.2) is 57.0 Å². The molecule has 0 aliphatic carbocycles. The van der Waals surface area contributed by atoms with Crippen molar-refractivity contribution in [2.24, 2.45) is 0 Å². The number of benzene rings is 1. The second kappa shape index (κ2) is 8.87. The summed E-state index contributed by atoms with van der Waals surface area (Å²) in [4.78, 5) is 44.2. The molecule has 0 bridgehead atoms. The number of carbonyl (C=O) groups is 2. The van der Waals surface area contributed by atoms with Crippen molar-refractivity contribution < 1.29 is 18.7 Å². The van der Waals surface area contributed by atoms with Crippen LogP contribution in [0.25, 0.3) is 10.2 Å². The Labute approximate surface area is 196 Å². The van der Waals surface area contributed by atoms with Crippen molar-refractivity contribution >= 4 is 50.7 Å². The number of ether oxygens (including phenoxy) is 1. The third kappa shape index (κ3) is 4.31. The standard InChI is InChI=1S/C23H19N3O5S2/c1-2-15-9-16-21(33-15)25-23(26(22(16)29)10-14-4-3-7-30-14)32-12-18(27)13-5-6-19-17(8-13)24-20(28)11-31-19/h3-9H,2,10-12H2,1H3,(H,24,28). The van der Waals surface area contributed by atoms with E-state index in [1.165, 1.54) is 23.1 Å². The fraction of sp³-hybridized carbons (Fsp3) is 0.217. The number of rotatable bonds is 7. The Bertz CT molecular complexity index is 1420. The van der Waals surface area contributed by atoms with Crippen LogP contribution in [0.5, 0.6) is 5.75 Å². The number of Topliss-reactive ketones (excluding diaryl/α,β-unsaturated/α-hetero) is 1. The van der Waals surface area contributed by atoms with E-state index in [4.69, 9.17) is 14.1 Å². The van der Waals surface area contributed by atoms with Crippen LogP contribution in [0.4, 0.5) is 5.69 Å². The first kappa shape index (κ1) is 21.5. The molecule has 0 spiro atoms. The van der Waals surface area contributed by atoms with E-state index >= 15 is 0 Å². The maximum atomic E-state index is 13.2. The molecule has 1 aliphatic heterocycles. The molecular weight excluding hydrogens is 462 g/mol. The van der Waals surface area contributed by atoms with E-state index in [1.807, 2.05) is 13.0 Å². The number of fused-ring (bicyclic) bond motifs is 2. The van der Waals surface area contributed by atoms with Crippen LogP contribution < -0.4 is 15.6 Å². The second-order valence-electron chi connectivity index (χ2n) is 7.41. The van der Waals surface area contributed by atoms with Gasteiger partial charge in [0.05, 0.1) is 29.6 Å². The molecule has 1 amide bonds. The number of anilines is 1. The zero-order valence-electron chi connectivity index (χ0n) is 17.6. The average molecular weight is 482 g/mol. The predicted molar refractivity (Wildman–Crippen MR) is 127 cm³/mol. The molecule has 0 saturated carbocycles. The number of carbonyl (C=O) groups excluding carboxylic acids is 2. The summed E-state index contributed by atoms with van der Waals surface area (Å²) in [6.45, 7) is 2.22. The maximum Gasteiger partial charge on any atom is 0.263 e. The molecule has 10 heteroatoms. The van der Waals surface area contributed by atoms with Crippen molar-refractivity contribution in [1.82, 2.24) is 9.55 Å². The van der Waals surface area contributed by atoms with E-state index in [9.17, 15) is 14.4 Å². The molecule has 0 radical (unpaired) electrons. The van der Waals surface area contributed by atoms with E-state index in [1.54, 1.807) is 41.2 Å². The molecule has 1 N–H and O–H groups in total. The number of thiophene rings is 1. The minimum atomic E-state index is -0.261. The summed E-state index contributed by atoms with van der Waals surface area (Å²) < 4.78 is 12.3. The highest BCUT2D eigenvalue weighted by molar-refractivity contribution is 7.99. The van der Waals surface area contributed by atoms with E-state index in [2.05, 4.69) is 5.32 Å². The van der Waals surface area contributed by atoms with Crippen LogP contribution in [-0.4, -0.2) is 33.6 Å². The summed E-state index contributed by atoms with van der Waals surface area (Å²) in [6.07, 6.45) is 2.37. The lowest BCUT2D eigenvalue weighted by Gasteiger charge is -2.18. The first-order valence-electron chi connectivity index (χ1n) is 10.3. The third-order valence-corrected chi connectivity index (χ3v) is 7.33. The van der Waals surface area contributed by atoms with Gasteiger partial charge in [0.25, 0.3) is 11.5 Å². The number of aryl methyl sites for hydroxylation is 1. The molecule has 33 heavy (non-hydrogen) atoms. The maximum absolute atomic E-state index is 13.2. The number of ketones is 1. The van der Waals surface area contributed by atoms with Gasteiger partial charge in [0.2, 0.25) is 0 Å². The fourth-order valence-electron chi connectivity index (χ4n) is 3.50. The lowest BCUT2D eigenvalue weighted by Crippen LogP contribution is -2.25. The molecule has 1 aromatic carbocycles. The molecule has 0 fully saturated rings. The van der Waals surface area contributed by atoms with Crippen LogP contribution >= 0.6 is 23.1 Å². The predicted octanol–water partition coefficient (Wildman–Crippen LogP) is 3.97. The van der Waals surface area contributed by atoms with Gasteiger partial charge in [0.15, 0.2) is 17.5 Å². The minimum Gasteiger partial charge on any atom is -0.482 e. The highest BCUT2D eigenvalue weighted by Gasteiger charge is 2.20. The van der Waals surface area contributed by atoms with Crippen molar-refractivity contribution in [3.8, 4) is 5.75 Å². The van der Waals surface area contributed by atoms with E-state index < -0.39 is 0 Å². The molecule has 5 rings (SSSR count).